The number of carbonyl (C=O) groups is 1. The third-order valence-electron chi connectivity index (χ3n) is 3.64. The fraction of sp³-hybridized carbons (Fsp3) is 0.533. The molecule has 2 unspecified atom stereocenters. The number of rotatable bonds is 7. The van der Waals surface area contributed by atoms with Crippen molar-refractivity contribution in [3.05, 3.63) is 34.3 Å². The van der Waals surface area contributed by atoms with Crippen molar-refractivity contribution >= 4 is 17.6 Å². The fourth-order valence-corrected chi connectivity index (χ4v) is 2.49. The molecule has 1 fully saturated rings. The molecule has 1 saturated carbocycles. The smallest absolute Gasteiger partial charge is 0.303 e. The summed E-state index contributed by atoms with van der Waals surface area (Å²) in [5.74, 6) is -0.845. The Labute approximate surface area is 123 Å². The number of aliphatic carboxylic acids is 1. The van der Waals surface area contributed by atoms with Gasteiger partial charge in [-0.2, -0.15) is 0 Å². The highest BCUT2D eigenvalue weighted by Crippen LogP contribution is 2.29. The molecule has 0 saturated heterocycles. The molecular formula is C15H20ClNO3. The summed E-state index contributed by atoms with van der Waals surface area (Å²) in [4.78, 5) is 10.8. The van der Waals surface area contributed by atoms with Gasteiger partial charge in [-0.1, -0.05) is 17.7 Å². The summed E-state index contributed by atoms with van der Waals surface area (Å²) < 4.78 is 0. The molecule has 1 aromatic rings. The van der Waals surface area contributed by atoms with Crippen LogP contribution in [0.4, 0.5) is 0 Å². The number of benzene rings is 1. The van der Waals surface area contributed by atoms with Crippen LogP contribution in [-0.4, -0.2) is 28.3 Å². The van der Waals surface area contributed by atoms with Gasteiger partial charge < -0.3 is 15.5 Å². The van der Waals surface area contributed by atoms with Gasteiger partial charge >= 0.3 is 5.97 Å². The zero-order chi connectivity index (χ0) is 14.7. The molecule has 0 aliphatic heterocycles. The number of nitrogens with one attached hydrogen (secondary N) is 1. The van der Waals surface area contributed by atoms with Crippen LogP contribution in [0.5, 0.6) is 0 Å². The van der Waals surface area contributed by atoms with Gasteiger partial charge in [0, 0.05) is 23.5 Å². The van der Waals surface area contributed by atoms with Crippen LogP contribution < -0.4 is 5.32 Å². The van der Waals surface area contributed by atoms with E-state index >= 15 is 0 Å². The number of hydrogen-bond donors (Lipinski definition) is 3. The molecule has 4 nitrogen and oxygen atoms in total. The van der Waals surface area contributed by atoms with Gasteiger partial charge in [-0.25, -0.2) is 0 Å². The standard InChI is InChI=1S/C15H20ClNO3/c1-9-2-3-10(16)8-12(9)15(20)13(6-7-14(18)19)17-11-4-5-11/h2-3,8,11,13,15,17,20H,4-7H2,1H3,(H,18,19). The Morgan fingerprint density at radius 2 is 2.20 bits per heavy atom. The summed E-state index contributed by atoms with van der Waals surface area (Å²) in [7, 11) is 0. The van der Waals surface area contributed by atoms with Crippen molar-refractivity contribution in [2.75, 3.05) is 0 Å². The molecule has 20 heavy (non-hydrogen) atoms. The monoisotopic (exact) mass is 297 g/mol. The Kier molecular flexibility index (Phi) is 5.02. The van der Waals surface area contributed by atoms with Crippen LogP contribution in [-0.2, 0) is 4.79 Å². The van der Waals surface area contributed by atoms with E-state index < -0.39 is 12.1 Å². The van der Waals surface area contributed by atoms with Crippen LogP contribution in [0.25, 0.3) is 0 Å². The van der Waals surface area contributed by atoms with E-state index in [2.05, 4.69) is 5.32 Å². The first kappa shape index (κ1) is 15.3. The lowest BCUT2D eigenvalue weighted by atomic mass is 9.95. The Morgan fingerprint density at radius 1 is 1.50 bits per heavy atom. The van der Waals surface area contributed by atoms with Crippen molar-refractivity contribution < 1.29 is 15.0 Å². The first-order valence-corrected chi connectivity index (χ1v) is 7.27. The van der Waals surface area contributed by atoms with E-state index in [-0.39, 0.29) is 12.5 Å². The van der Waals surface area contributed by atoms with Crippen molar-refractivity contribution in [1.29, 1.82) is 0 Å². The Bertz CT molecular complexity index is 488. The predicted molar refractivity (Wildman–Crippen MR) is 78.0 cm³/mol. The molecule has 0 heterocycles. The van der Waals surface area contributed by atoms with Gasteiger partial charge in [-0.3, -0.25) is 4.79 Å². The molecule has 5 heteroatoms. The molecule has 0 bridgehead atoms. The zero-order valence-corrected chi connectivity index (χ0v) is 12.2. The fourth-order valence-electron chi connectivity index (χ4n) is 2.31. The Morgan fingerprint density at radius 3 is 2.80 bits per heavy atom. The summed E-state index contributed by atoms with van der Waals surface area (Å²) in [5, 5.41) is 23.3. The summed E-state index contributed by atoms with van der Waals surface area (Å²) in [5.41, 5.74) is 1.72. The summed E-state index contributed by atoms with van der Waals surface area (Å²) in [6.07, 6.45) is 1.88. The van der Waals surface area contributed by atoms with E-state index in [1.54, 1.807) is 12.1 Å². The van der Waals surface area contributed by atoms with Gasteiger partial charge in [-0.05, 0) is 49.4 Å². The summed E-state index contributed by atoms with van der Waals surface area (Å²) in [6, 6.07) is 5.56. The van der Waals surface area contributed by atoms with Crippen LogP contribution >= 0.6 is 11.6 Å². The number of carboxylic acid groups (broad SMARTS) is 1. The molecule has 0 spiro atoms. The first-order chi connectivity index (χ1) is 9.47. The molecule has 2 atom stereocenters. The molecule has 2 rings (SSSR count). The van der Waals surface area contributed by atoms with Crippen molar-refractivity contribution in [2.45, 2.75) is 50.8 Å². The minimum atomic E-state index is -0.845. The van der Waals surface area contributed by atoms with Gasteiger partial charge in [0.05, 0.1) is 6.10 Å². The summed E-state index contributed by atoms with van der Waals surface area (Å²) >= 11 is 5.99. The Balaban J connectivity index is 2.12. The second-order valence-electron chi connectivity index (χ2n) is 5.43. The number of aryl methyl sites for hydroxylation is 1. The maximum Gasteiger partial charge on any atom is 0.303 e. The van der Waals surface area contributed by atoms with Crippen LogP contribution in [0, 0.1) is 6.92 Å². The van der Waals surface area contributed by atoms with Gasteiger partial charge in [0.1, 0.15) is 0 Å². The van der Waals surface area contributed by atoms with E-state index in [0.29, 0.717) is 17.5 Å². The van der Waals surface area contributed by atoms with E-state index in [1.807, 2.05) is 13.0 Å². The minimum absolute atomic E-state index is 0.0427. The quantitative estimate of drug-likeness (QED) is 0.724. The molecule has 1 aliphatic rings. The molecular weight excluding hydrogens is 278 g/mol. The summed E-state index contributed by atoms with van der Waals surface area (Å²) in [6.45, 7) is 1.92. The molecule has 3 N–H and O–H groups in total. The van der Waals surface area contributed by atoms with Crippen molar-refractivity contribution in [1.82, 2.24) is 5.32 Å². The number of aliphatic hydroxyl groups excluding tert-OH is 1. The first-order valence-electron chi connectivity index (χ1n) is 6.89. The van der Waals surface area contributed by atoms with E-state index in [0.717, 1.165) is 24.0 Å². The molecule has 0 amide bonds. The lowest BCUT2D eigenvalue weighted by Gasteiger charge is -2.25. The van der Waals surface area contributed by atoms with Crippen LogP contribution in [0.2, 0.25) is 5.02 Å². The van der Waals surface area contributed by atoms with Crippen LogP contribution in [0.3, 0.4) is 0 Å². The third kappa shape index (κ3) is 4.20. The highest BCUT2D eigenvalue weighted by atomic mass is 35.5. The van der Waals surface area contributed by atoms with E-state index in [4.69, 9.17) is 16.7 Å². The highest BCUT2D eigenvalue weighted by Gasteiger charge is 2.30. The number of carboxylic acids is 1. The number of halogens is 1. The lowest BCUT2D eigenvalue weighted by Crippen LogP contribution is -2.37. The van der Waals surface area contributed by atoms with Crippen molar-refractivity contribution in [3.63, 3.8) is 0 Å². The Hall–Kier alpha value is -1.10. The SMILES string of the molecule is Cc1ccc(Cl)cc1C(O)C(CCC(=O)O)NC1CC1. The molecule has 0 radical (unpaired) electrons. The zero-order valence-electron chi connectivity index (χ0n) is 11.5. The van der Waals surface area contributed by atoms with E-state index in [1.165, 1.54) is 0 Å². The molecule has 1 aliphatic carbocycles. The van der Waals surface area contributed by atoms with Crippen molar-refractivity contribution in [3.8, 4) is 0 Å². The molecule has 1 aromatic carbocycles. The topological polar surface area (TPSA) is 69.6 Å². The van der Waals surface area contributed by atoms with Crippen molar-refractivity contribution in [2.24, 2.45) is 0 Å². The minimum Gasteiger partial charge on any atom is -0.481 e. The maximum absolute atomic E-state index is 10.8. The van der Waals surface area contributed by atoms with Gasteiger partial charge in [0.25, 0.3) is 0 Å². The normalized spacial score (nSPS) is 17.8. The average Bonchev–Trinajstić information content (AvgIpc) is 3.20. The second kappa shape index (κ2) is 6.57. The van der Waals surface area contributed by atoms with E-state index in [9.17, 15) is 9.90 Å². The van der Waals surface area contributed by atoms with Gasteiger partial charge in [-0.15, -0.1) is 0 Å². The average molecular weight is 298 g/mol. The second-order valence-corrected chi connectivity index (χ2v) is 5.86. The molecule has 110 valence electrons. The molecule has 0 aromatic heterocycles. The predicted octanol–water partition coefficient (Wildman–Crippen LogP) is 2.67. The largest absolute Gasteiger partial charge is 0.481 e. The van der Waals surface area contributed by atoms with Gasteiger partial charge in [0.15, 0.2) is 0 Å². The number of hydrogen-bond acceptors (Lipinski definition) is 3. The van der Waals surface area contributed by atoms with Gasteiger partial charge in [0.2, 0.25) is 0 Å². The number of aliphatic hydroxyl groups is 1. The maximum atomic E-state index is 10.8. The lowest BCUT2D eigenvalue weighted by molar-refractivity contribution is -0.137. The van der Waals surface area contributed by atoms with Crippen LogP contribution in [0.1, 0.15) is 42.9 Å². The highest BCUT2D eigenvalue weighted by molar-refractivity contribution is 6.30. The van der Waals surface area contributed by atoms with Crippen LogP contribution in [0.15, 0.2) is 18.2 Å². The third-order valence-corrected chi connectivity index (χ3v) is 3.87.